The molecule has 0 aliphatic heterocycles. The van der Waals surface area contributed by atoms with Gasteiger partial charge in [-0.2, -0.15) is 0 Å². The predicted molar refractivity (Wildman–Crippen MR) is 389 cm³/mol. The van der Waals surface area contributed by atoms with Gasteiger partial charge in [-0.15, -0.1) is 0 Å². The lowest BCUT2D eigenvalue weighted by Crippen LogP contribution is -2.46. The molecule has 0 aliphatic rings. The summed E-state index contributed by atoms with van der Waals surface area (Å²) in [5, 5.41) is 14.1. The van der Waals surface area contributed by atoms with Gasteiger partial charge in [-0.3, -0.25) is 9.36 Å². The second-order valence-electron chi connectivity index (χ2n) is 25.9. The molecule has 3 unspecified atom stereocenters. The van der Waals surface area contributed by atoms with Crippen LogP contribution in [0.4, 0.5) is 0 Å². The molecule has 1 amide bonds. The molecule has 89 heavy (non-hydrogen) atoms. The Hall–Kier alpha value is -3.36. The molecule has 0 heterocycles. The van der Waals surface area contributed by atoms with E-state index in [0.29, 0.717) is 23.9 Å². The molecule has 0 aromatic carbocycles. The Morgan fingerprint density at radius 2 is 0.685 bits per heavy atom. The molecule has 0 aromatic heterocycles. The highest BCUT2D eigenvalue weighted by atomic mass is 31.2. The van der Waals surface area contributed by atoms with Crippen molar-refractivity contribution < 1.29 is 32.9 Å². The quantitative estimate of drug-likeness (QED) is 0.0272. The van der Waals surface area contributed by atoms with Crippen molar-refractivity contribution in [2.45, 2.75) is 328 Å². The van der Waals surface area contributed by atoms with Gasteiger partial charge in [-0.25, -0.2) is 0 Å². The number of quaternary nitrogens is 1. The van der Waals surface area contributed by atoms with Gasteiger partial charge >= 0.3 is 0 Å². The first-order chi connectivity index (χ1) is 43.5. The Morgan fingerprint density at radius 3 is 1.00 bits per heavy atom. The normalized spacial score (nSPS) is 14.4. The van der Waals surface area contributed by atoms with E-state index in [1.807, 2.05) is 21.1 Å². The number of phosphoric ester groups is 1. The topological polar surface area (TPSA) is 108 Å². The summed E-state index contributed by atoms with van der Waals surface area (Å²) in [6.07, 6.45) is 104. The summed E-state index contributed by atoms with van der Waals surface area (Å²) in [4.78, 5) is 25.7. The number of hydrogen-bond acceptors (Lipinski definition) is 6. The Kier molecular flexibility index (Phi) is 66.4. The minimum atomic E-state index is -4.59. The van der Waals surface area contributed by atoms with E-state index in [1.54, 1.807) is 0 Å². The summed E-state index contributed by atoms with van der Waals surface area (Å²) in [7, 11) is 1.29. The summed E-state index contributed by atoms with van der Waals surface area (Å²) in [5.74, 6) is -0.177. The Balaban J connectivity index is 4.10. The van der Waals surface area contributed by atoms with Crippen LogP contribution >= 0.6 is 7.82 Å². The molecule has 0 saturated heterocycles. The van der Waals surface area contributed by atoms with Crippen molar-refractivity contribution in [3.63, 3.8) is 0 Å². The smallest absolute Gasteiger partial charge is 0.268 e. The number of nitrogens with one attached hydrogen (secondary N) is 1. The number of phosphoric acid groups is 1. The average molecular weight is 1260 g/mol. The highest BCUT2D eigenvalue weighted by Crippen LogP contribution is 2.38. The number of unbranched alkanes of at least 4 members (excludes halogenated alkanes) is 32. The van der Waals surface area contributed by atoms with Gasteiger partial charge in [0.25, 0.3) is 7.82 Å². The van der Waals surface area contributed by atoms with Gasteiger partial charge in [0.15, 0.2) is 0 Å². The maximum atomic E-state index is 13.1. The van der Waals surface area contributed by atoms with Gasteiger partial charge < -0.3 is 28.8 Å². The van der Waals surface area contributed by atoms with E-state index < -0.39 is 20.0 Å². The van der Waals surface area contributed by atoms with Crippen LogP contribution in [0.5, 0.6) is 0 Å². The van der Waals surface area contributed by atoms with Crippen LogP contribution in [0.1, 0.15) is 316 Å². The zero-order valence-electron chi connectivity index (χ0n) is 58.6. The number of carbonyl (C=O) groups excluding carboxylic acids is 1. The predicted octanol–water partition coefficient (Wildman–Crippen LogP) is 23.5. The van der Waals surface area contributed by atoms with Crippen molar-refractivity contribution in [1.82, 2.24) is 5.32 Å². The van der Waals surface area contributed by atoms with Gasteiger partial charge in [0, 0.05) is 6.42 Å². The lowest BCUT2D eigenvalue weighted by Gasteiger charge is -2.30. The number of amides is 1. The Labute approximate surface area is 551 Å². The van der Waals surface area contributed by atoms with Crippen LogP contribution in [0, 0.1) is 0 Å². The molecule has 8 nitrogen and oxygen atoms in total. The minimum Gasteiger partial charge on any atom is -0.756 e. The fourth-order valence-electron chi connectivity index (χ4n) is 10.5. The van der Waals surface area contributed by atoms with Crippen molar-refractivity contribution >= 4 is 13.7 Å². The molecule has 0 aromatic rings. The largest absolute Gasteiger partial charge is 0.756 e. The van der Waals surface area contributed by atoms with Crippen LogP contribution in [0.2, 0.25) is 0 Å². The highest BCUT2D eigenvalue weighted by Gasteiger charge is 2.24. The van der Waals surface area contributed by atoms with Crippen molar-refractivity contribution in [1.29, 1.82) is 0 Å². The summed E-state index contributed by atoms with van der Waals surface area (Å²) in [5.41, 5.74) is 0. The third-order valence-corrected chi connectivity index (χ3v) is 17.1. The van der Waals surface area contributed by atoms with Crippen LogP contribution in [0.15, 0.2) is 134 Å². The fourth-order valence-corrected chi connectivity index (χ4v) is 11.2. The third kappa shape index (κ3) is 71.9. The van der Waals surface area contributed by atoms with E-state index in [-0.39, 0.29) is 19.1 Å². The Morgan fingerprint density at radius 1 is 0.404 bits per heavy atom. The second kappa shape index (κ2) is 69.0. The van der Waals surface area contributed by atoms with Crippen molar-refractivity contribution in [3.8, 4) is 0 Å². The van der Waals surface area contributed by atoms with E-state index in [9.17, 15) is 19.4 Å². The zero-order valence-corrected chi connectivity index (χ0v) is 59.5. The van der Waals surface area contributed by atoms with E-state index in [4.69, 9.17) is 9.05 Å². The molecule has 9 heteroatoms. The first kappa shape index (κ1) is 85.6. The Bertz CT molecular complexity index is 1920. The molecule has 2 N–H and O–H groups in total. The monoisotopic (exact) mass is 1260 g/mol. The van der Waals surface area contributed by atoms with Gasteiger partial charge in [-0.1, -0.05) is 347 Å². The van der Waals surface area contributed by atoms with Crippen LogP contribution in [0.3, 0.4) is 0 Å². The number of rotatable bonds is 67. The van der Waals surface area contributed by atoms with Crippen LogP contribution in [0.25, 0.3) is 0 Å². The van der Waals surface area contributed by atoms with E-state index in [0.717, 1.165) is 122 Å². The van der Waals surface area contributed by atoms with Gasteiger partial charge in [-0.05, 0) is 96.3 Å². The number of nitrogens with zero attached hydrogens (tertiary/aromatic N) is 1. The van der Waals surface area contributed by atoms with E-state index >= 15 is 0 Å². The summed E-state index contributed by atoms with van der Waals surface area (Å²) >= 11 is 0. The number of aliphatic hydroxyl groups is 1. The van der Waals surface area contributed by atoms with E-state index in [1.165, 1.54) is 167 Å². The number of carbonyl (C=O) groups is 1. The molecule has 0 fully saturated rings. The molecule has 0 saturated carbocycles. The molecule has 0 rings (SSSR count). The summed E-state index contributed by atoms with van der Waals surface area (Å²) < 4.78 is 23.5. The number of aliphatic hydroxyl groups excluding tert-OH is 1. The fraction of sp³-hybridized carbons (Fsp3) is 0.713. The number of allylic oxidation sites excluding steroid dienone is 22. The van der Waals surface area contributed by atoms with Crippen molar-refractivity contribution in [2.24, 2.45) is 0 Å². The van der Waals surface area contributed by atoms with Crippen LogP contribution in [-0.2, 0) is 18.4 Å². The molecule has 0 bridgehead atoms. The van der Waals surface area contributed by atoms with Gasteiger partial charge in [0.2, 0.25) is 5.91 Å². The highest BCUT2D eigenvalue weighted by molar-refractivity contribution is 7.45. The molecule has 0 radical (unpaired) electrons. The lowest BCUT2D eigenvalue weighted by atomic mass is 10.0. The standard InChI is InChI=1S/C80H141N2O6P/c1-6-8-10-12-14-16-18-20-22-24-26-28-30-32-34-35-36-37-38-39-40-41-42-43-44-45-46-47-48-50-52-54-56-58-60-62-64-66-68-70-72-74-80(84)81-78(77-88-89(85,86)87-76-75-82(3,4)5)79(83)73-71-69-67-65-63-61-59-57-55-53-51-49-33-31-29-27-25-23-21-19-17-15-13-11-9-7-2/h8,10,14,16,20,22,26,28,32,34,36-37,39-40,42-43,45-46,48,50,54,56,78-79,83H,6-7,9,11-13,15,17-19,21,23-25,27,29-31,33,35,38,41,44,47,49,51-53,55,57-77H2,1-5H3,(H-,81,84,85,86)/b10-8-,16-14-,22-20-,28-26-,34-32-,37-36-,40-39-,43-42-,46-45-,50-48-,56-54-. The molecular weight excluding hydrogens is 1120 g/mol. The lowest BCUT2D eigenvalue weighted by molar-refractivity contribution is -0.870. The minimum absolute atomic E-state index is 0.00421. The molecule has 3 atom stereocenters. The zero-order chi connectivity index (χ0) is 64.8. The van der Waals surface area contributed by atoms with Crippen molar-refractivity contribution in [2.75, 3.05) is 40.9 Å². The first-order valence-electron chi connectivity index (χ1n) is 37.0. The maximum Gasteiger partial charge on any atom is 0.268 e. The molecular formula is C80H141N2O6P. The first-order valence-corrected chi connectivity index (χ1v) is 38.5. The molecule has 0 aliphatic carbocycles. The van der Waals surface area contributed by atoms with Gasteiger partial charge in [0.1, 0.15) is 13.2 Å². The van der Waals surface area contributed by atoms with Crippen molar-refractivity contribution in [3.05, 3.63) is 134 Å². The molecule has 512 valence electrons. The molecule has 0 spiro atoms. The third-order valence-electron chi connectivity index (χ3n) is 16.2. The number of likely N-dealkylation sites (N-methyl/N-ethyl adjacent to an activating group) is 1. The van der Waals surface area contributed by atoms with Crippen LogP contribution in [-0.4, -0.2) is 68.5 Å². The maximum absolute atomic E-state index is 13.1. The van der Waals surface area contributed by atoms with Gasteiger partial charge in [0.05, 0.1) is 39.9 Å². The SMILES string of the molecule is CC/C=C\C/C=C\C/C=C\C/C=C\C/C=C\C/C=C\C/C=C\C/C=C\C/C=C\C/C=C\C/C=C\CCCCCCCCCC(=O)NC(COP(=O)([O-])OCC[N+](C)(C)C)C(O)CCCCCCCCCCCCCCCCCCCCCCCCCCCC. The van der Waals surface area contributed by atoms with E-state index in [2.05, 4.69) is 153 Å². The second-order valence-corrected chi connectivity index (χ2v) is 27.3. The average Bonchev–Trinajstić information content (AvgIpc) is 3.61. The van der Waals surface area contributed by atoms with Crippen LogP contribution < -0.4 is 10.2 Å². The summed E-state index contributed by atoms with van der Waals surface area (Å²) in [6.45, 7) is 4.62. The summed E-state index contributed by atoms with van der Waals surface area (Å²) in [6, 6.07) is -0.818. The number of hydrogen-bond donors (Lipinski definition) is 2.